The molecule has 0 aromatic carbocycles. The Hall–Kier alpha value is -0.650. The quantitative estimate of drug-likeness (QED) is 0.392. The summed E-state index contributed by atoms with van der Waals surface area (Å²) in [6.45, 7) is 0.371. The van der Waals surface area contributed by atoms with Crippen molar-refractivity contribution in [2.75, 3.05) is 13.7 Å². The fourth-order valence-electron chi connectivity index (χ4n) is 0.564. The van der Waals surface area contributed by atoms with Crippen LogP contribution in [0, 0.1) is 0 Å². The highest BCUT2D eigenvalue weighted by atomic mass is 16.3. The molecule has 1 aliphatic rings. The standard InChI is InChI=1S/C4H8N3O2/c1-7-2-5-3(8)4(9)6-7/h4,9H,2H2,1H3,(H,5,8). The van der Waals surface area contributed by atoms with Gasteiger partial charge in [-0.15, -0.1) is 5.43 Å². The van der Waals surface area contributed by atoms with Gasteiger partial charge in [0.25, 0.3) is 5.91 Å². The van der Waals surface area contributed by atoms with E-state index in [1.165, 1.54) is 5.01 Å². The van der Waals surface area contributed by atoms with Gasteiger partial charge in [-0.3, -0.25) is 4.79 Å². The molecule has 1 radical (unpaired) electrons. The van der Waals surface area contributed by atoms with E-state index < -0.39 is 12.1 Å². The van der Waals surface area contributed by atoms with Gasteiger partial charge in [0, 0.05) is 7.05 Å². The average Bonchev–Trinajstić information content (AvgIpc) is 1.80. The van der Waals surface area contributed by atoms with Gasteiger partial charge < -0.3 is 10.4 Å². The monoisotopic (exact) mass is 130 g/mol. The maximum absolute atomic E-state index is 10.5. The van der Waals surface area contributed by atoms with Crippen LogP contribution >= 0.6 is 0 Å². The van der Waals surface area contributed by atoms with Crippen molar-refractivity contribution in [1.29, 1.82) is 0 Å². The Morgan fingerprint density at radius 1 is 2.00 bits per heavy atom. The Morgan fingerprint density at radius 2 is 2.67 bits per heavy atom. The van der Waals surface area contributed by atoms with E-state index in [4.69, 9.17) is 5.11 Å². The molecular weight excluding hydrogens is 122 g/mol. The number of carbonyl (C=O) groups is 1. The molecule has 0 saturated carbocycles. The molecule has 1 aliphatic heterocycles. The smallest absolute Gasteiger partial charge is 0.268 e. The SMILES string of the molecule is CN1CNC(=O)C(O)[N]1. The van der Waals surface area contributed by atoms with Crippen molar-refractivity contribution in [2.45, 2.75) is 6.23 Å². The van der Waals surface area contributed by atoms with Crippen molar-refractivity contribution in [3.8, 4) is 0 Å². The summed E-state index contributed by atoms with van der Waals surface area (Å²) >= 11 is 0. The van der Waals surface area contributed by atoms with Crippen molar-refractivity contribution in [1.82, 2.24) is 15.8 Å². The van der Waals surface area contributed by atoms with Gasteiger partial charge in [-0.25, -0.2) is 5.01 Å². The van der Waals surface area contributed by atoms with E-state index in [1.807, 2.05) is 0 Å². The summed E-state index contributed by atoms with van der Waals surface area (Å²) in [6, 6.07) is 0. The van der Waals surface area contributed by atoms with Crippen LogP contribution in [0.15, 0.2) is 0 Å². The Bertz CT molecular complexity index is 127. The van der Waals surface area contributed by atoms with Crippen LogP contribution < -0.4 is 10.7 Å². The zero-order chi connectivity index (χ0) is 6.85. The molecule has 0 aliphatic carbocycles. The number of aliphatic hydroxyl groups is 1. The molecule has 1 atom stereocenters. The lowest BCUT2D eigenvalue weighted by Gasteiger charge is -2.24. The van der Waals surface area contributed by atoms with Crippen LogP contribution in [-0.4, -0.2) is 36.0 Å². The van der Waals surface area contributed by atoms with Gasteiger partial charge in [0.05, 0.1) is 6.67 Å². The summed E-state index contributed by atoms with van der Waals surface area (Å²) in [5.41, 5.74) is 3.54. The maximum atomic E-state index is 10.5. The zero-order valence-electron chi connectivity index (χ0n) is 5.03. The molecule has 0 aromatic heterocycles. The van der Waals surface area contributed by atoms with Crippen LogP contribution in [0.3, 0.4) is 0 Å². The van der Waals surface area contributed by atoms with Gasteiger partial charge in [-0.2, -0.15) is 0 Å². The summed E-state index contributed by atoms with van der Waals surface area (Å²) in [7, 11) is 1.67. The van der Waals surface area contributed by atoms with E-state index >= 15 is 0 Å². The van der Waals surface area contributed by atoms with Crippen molar-refractivity contribution in [2.24, 2.45) is 0 Å². The second kappa shape index (κ2) is 2.30. The molecule has 5 nitrogen and oxygen atoms in total. The number of hydrogen-bond acceptors (Lipinski definition) is 3. The topological polar surface area (TPSA) is 66.7 Å². The first kappa shape index (κ1) is 6.47. The molecule has 1 saturated heterocycles. The Morgan fingerprint density at radius 3 is 3.11 bits per heavy atom. The third kappa shape index (κ3) is 1.38. The van der Waals surface area contributed by atoms with Gasteiger partial charge in [-0.1, -0.05) is 0 Å². The van der Waals surface area contributed by atoms with Crippen LogP contribution in [0.5, 0.6) is 0 Å². The van der Waals surface area contributed by atoms with E-state index in [1.54, 1.807) is 7.05 Å². The van der Waals surface area contributed by atoms with Crippen LogP contribution in [0.4, 0.5) is 0 Å². The molecule has 1 heterocycles. The minimum absolute atomic E-state index is 0.371. The van der Waals surface area contributed by atoms with Crippen LogP contribution in [0.1, 0.15) is 0 Å². The fourth-order valence-corrected chi connectivity index (χ4v) is 0.564. The lowest BCUT2D eigenvalue weighted by Crippen LogP contribution is -2.55. The molecule has 51 valence electrons. The Labute approximate surface area is 52.6 Å². The number of nitrogens with zero attached hydrogens (tertiary/aromatic N) is 2. The van der Waals surface area contributed by atoms with Gasteiger partial charge in [-0.05, 0) is 0 Å². The third-order valence-corrected chi connectivity index (χ3v) is 1.02. The molecular formula is C4H8N3O2. The summed E-state index contributed by atoms with van der Waals surface area (Å²) in [4.78, 5) is 10.5. The predicted octanol–water partition coefficient (Wildman–Crippen LogP) is -2.16. The van der Waals surface area contributed by atoms with Gasteiger partial charge in [0.1, 0.15) is 0 Å². The second-order valence-corrected chi connectivity index (χ2v) is 1.85. The molecule has 0 spiro atoms. The van der Waals surface area contributed by atoms with E-state index in [0.717, 1.165) is 0 Å². The minimum Gasteiger partial charge on any atom is -0.368 e. The first-order chi connectivity index (χ1) is 4.20. The highest BCUT2D eigenvalue weighted by Gasteiger charge is 2.22. The lowest BCUT2D eigenvalue weighted by molar-refractivity contribution is -0.141. The highest BCUT2D eigenvalue weighted by molar-refractivity contribution is 5.80. The van der Waals surface area contributed by atoms with E-state index in [0.29, 0.717) is 6.67 Å². The summed E-state index contributed by atoms with van der Waals surface area (Å²) in [5, 5.41) is 12.6. The largest absolute Gasteiger partial charge is 0.368 e. The molecule has 1 unspecified atom stereocenters. The second-order valence-electron chi connectivity index (χ2n) is 1.85. The first-order valence-corrected chi connectivity index (χ1v) is 2.58. The zero-order valence-corrected chi connectivity index (χ0v) is 5.03. The van der Waals surface area contributed by atoms with Crippen molar-refractivity contribution >= 4 is 5.91 Å². The van der Waals surface area contributed by atoms with E-state index in [2.05, 4.69) is 10.7 Å². The molecule has 2 N–H and O–H groups in total. The number of hydrogen-bond donors (Lipinski definition) is 2. The number of nitrogens with one attached hydrogen (secondary N) is 1. The molecule has 5 heteroatoms. The Kier molecular flexibility index (Phi) is 1.65. The van der Waals surface area contributed by atoms with E-state index in [9.17, 15) is 4.79 Å². The van der Waals surface area contributed by atoms with Gasteiger partial charge in [0.15, 0.2) is 0 Å². The van der Waals surface area contributed by atoms with Gasteiger partial charge >= 0.3 is 0 Å². The molecule has 9 heavy (non-hydrogen) atoms. The lowest BCUT2D eigenvalue weighted by atomic mass is 10.5. The Balaban J connectivity index is 2.44. The van der Waals surface area contributed by atoms with E-state index in [-0.39, 0.29) is 0 Å². The van der Waals surface area contributed by atoms with Gasteiger partial charge in [0.2, 0.25) is 6.23 Å². The van der Waals surface area contributed by atoms with Crippen molar-refractivity contribution in [3.63, 3.8) is 0 Å². The molecule has 0 aromatic rings. The minimum atomic E-state index is -1.22. The molecule has 0 bridgehead atoms. The number of carbonyl (C=O) groups excluding carboxylic acids is 1. The first-order valence-electron chi connectivity index (χ1n) is 2.58. The normalized spacial score (nSPS) is 30.0. The number of amides is 1. The third-order valence-electron chi connectivity index (χ3n) is 1.02. The van der Waals surface area contributed by atoms with Crippen LogP contribution in [0.2, 0.25) is 0 Å². The van der Waals surface area contributed by atoms with Crippen molar-refractivity contribution in [3.05, 3.63) is 0 Å². The molecule has 1 amide bonds. The highest BCUT2D eigenvalue weighted by Crippen LogP contribution is 1.88. The van der Waals surface area contributed by atoms with Crippen LogP contribution in [0.25, 0.3) is 0 Å². The van der Waals surface area contributed by atoms with Crippen molar-refractivity contribution < 1.29 is 9.90 Å². The summed E-state index contributed by atoms with van der Waals surface area (Å²) in [5.74, 6) is -0.437. The predicted molar refractivity (Wildman–Crippen MR) is 28.9 cm³/mol. The molecule has 1 fully saturated rings. The van der Waals surface area contributed by atoms with Crippen LogP contribution in [-0.2, 0) is 4.79 Å². The molecule has 1 rings (SSSR count). The summed E-state index contributed by atoms with van der Waals surface area (Å²) in [6.07, 6.45) is -1.22. The fraction of sp³-hybridized carbons (Fsp3) is 0.750. The average molecular weight is 130 g/mol. The summed E-state index contributed by atoms with van der Waals surface area (Å²) < 4.78 is 0. The number of aliphatic hydroxyl groups excluding tert-OH is 1. The number of rotatable bonds is 0. The maximum Gasteiger partial charge on any atom is 0.268 e.